The Morgan fingerprint density at radius 2 is 1.75 bits per heavy atom. The van der Waals surface area contributed by atoms with Crippen molar-refractivity contribution >= 4 is 40.6 Å². The van der Waals surface area contributed by atoms with Gasteiger partial charge in [-0.2, -0.15) is 4.37 Å². The number of methoxy groups -OCH3 is 2. The van der Waals surface area contributed by atoms with Gasteiger partial charge in [-0.15, -0.1) is 0 Å². The van der Waals surface area contributed by atoms with Gasteiger partial charge in [-0.25, -0.2) is 0 Å². The van der Waals surface area contributed by atoms with Crippen molar-refractivity contribution in [2.75, 3.05) is 31.5 Å². The summed E-state index contributed by atoms with van der Waals surface area (Å²) >= 11 is 0.734. The van der Waals surface area contributed by atoms with Gasteiger partial charge in [-0.3, -0.25) is 19.3 Å². The van der Waals surface area contributed by atoms with Gasteiger partial charge >= 0.3 is 0 Å². The number of nitrogens with zero attached hydrogens (tertiary/aromatic N) is 2. The third kappa shape index (κ3) is 5.96. The fourth-order valence-electron chi connectivity index (χ4n) is 4.77. The van der Waals surface area contributed by atoms with Crippen LogP contribution in [0.3, 0.4) is 0 Å². The molecule has 0 bridgehead atoms. The molecule has 212 valence electrons. The van der Waals surface area contributed by atoms with Gasteiger partial charge < -0.3 is 31.0 Å². The first-order valence-electron chi connectivity index (χ1n) is 12.9. The number of benzene rings is 2. The van der Waals surface area contributed by atoms with Crippen LogP contribution >= 0.6 is 11.5 Å². The summed E-state index contributed by atoms with van der Waals surface area (Å²) in [5.74, 6) is -0.527. The van der Waals surface area contributed by atoms with Crippen molar-refractivity contribution in [1.29, 1.82) is 0 Å². The van der Waals surface area contributed by atoms with Crippen molar-refractivity contribution in [1.82, 2.24) is 9.69 Å². The van der Waals surface area contributed by atoms with E-state index in [4.69, 9.17) is 25.7 Å². The number of nitrogen functional groups attached to an aromatic ring is 1. The first kappa shape index (κ1) is 28.7. The van der Waals surface area contributed by atoms with Gasteiger partial charge in [0.2, 0.25) is 5.91 Å². The van der Waals surface area contributed by atoms with E-state index in [2.05, 4.69) is 9.69 Å². The third-order valence-corrected chi connectivity index (χ3v) is 7.59. The summed E-state index contributed by atoms with van der Waals surface area (Å²) in [4.78, 5) is 41.6. The van der Waals surface area contributed by atoms with Crippen LogP contribution in [0.1, 0.15) is 64.4 Å². The number of rotatable bonds is 11. The summed E-state index contributed by atoms with van der Waals surface area (Å²) < 4.78 is 20.7. The molecular weight excluding hydrogens is 534 g/mol. The lowest BCUT2D eigenvalue weighted by atomic mass is 10.0. The minimum Gasteiger partial charge on any atom is -0.497 e. The second-order valence-electron chi connectivity index (χ2n) is 9.25. The number of ether oxygens (including phenoxy) is 3. The summed E-state index contributed by atoms with van der Waals surface area (Å²) in [6.07, 6.45) is 3.72. The zero-order chi connectivity index (χ0) is 28.8. The number of carbonyl (C=O) groups is 3. The van der Waals surface area contributed by atoms with E-state index in [-0.39, 0.29) is 33.9 Å². The van der Waals surface area contributed by atoms with Crippen molar-refractivity contribution in [3.05, 3.63) is 58.6 Å². The Bertz CT molecular complexity index is 1370. The van der Waals surface area contributed by atoms with Gasteiger partial charge in [0, 0.05) is 12.1 Å². The number of carbonyl (C=O) groups excluding carboxylic acids is 3. The lowest BCUT2D eigenvalue weighted by Gasteiger charge is -2.33. The van der Waals surface area contributed by atoms with Gasteiger partial charge in [-0.1, -0.05) is 25.0 Å². The molecule has 1 heterocycles. The maximum Gasteiger partial charge on any atom is 0.273 e. The standard InChI is InChI=1S/C28H33N5O6S/c1-4-39-18-11-9-16(10-12-18)24(27(35)31-17-7-5-6-8-17)33(20-15-19(37-2)13-14-21(20)38-3)28(36)25-22(29)23(26(30)34)32-40-25/h9-15,17,24H,4-8,29H2,1-3H3,(H2,30,34)(H,31,35). The minimum atomic E-state index is -1.15. The van der Waals surface area contributed by atoms with Gasteiger partial charge in [0.25, 0.3) is 11.8 Å². The maximum absolute atomic E-state index is 14.4. The van der Waals surface area contributed by atoms with Crippen LogP contribution in [0, 0.1) is 0 Å². The Morgan fingerprint density at radius 1 is 1.07 bits per heavy atom. The number of aromatic nitrogens is 1. The van der Waals surface area contributed by atoms with Crippen molar-refractivity contribution in [3.63, 3.8) is 0 Å². The third-order valence-electron chi connectivity index (χ3n) is 6.73. The Labute approximate surface area is 236 Å². The van der Waals surface area contributed by atoms with E-state index in [9.17, 15) is 14.4 Å². The molecule has 5 N–H and O–H groups in total. The quantitative estimate of drug-likeness (QED) is 0.316. The van der Waals surface area contributed by atoms with Crippen LogP contribution in [0.15, 0.2) is 42.5 Å². The van der Waals surface area contributed by atoms with Crippen molar-refractivity contribution in [2.45, 2.75) is 44.7 Å². The highest BCUT2D eigenvalue weighted by Gasteiger charge is 2.38. The molecule has 1 fully saturated rings. The average molecular weight is 568 g/mol. The van der Waals surface area contributed by atoms with Gasteiger partial charge in [0.15, 0.2) is 5.69 Å². The molecule has 3 aromatic rings. The lowest BCUT2D eigenvalue weighted by molar-refractivity contribution is -0.123. The van der Waals surface area contributed by atoms with Crippen molar-refractivity contribution in [2.24, 2.45) is 5.73 Å². The van der Waals surface area contributed by atoms with Crippen LogP contribution in [0.25, 0.3) is 0 Å². The first-order chi connectivity index (χ1) is 19.3. The minimum absolute atomic E-state index is 0.0169. The van der Waals surface area contributed by atoms with Crippen molar-refractivity contribution in [3.8, 4) is 17.2 Å². The zero-order valence-corrected chi connectivity index (χ0v) is 23.5. The highest BCUT2D eigenvalue weighted by molar-refractivity contribution is 7.09. The SMILES string of the molecule is CCOc1ccc(C(C(=O)NC2CCCC2)N(C(=O)c2snc(C(N)=O)c2N)c2cc(OC)ccc2OC)cc1. The molecule has 1 unspecified atom stereocenters. The molecule has 0 radical (unpaired) electrons. The molecule has 1 atom stereocenters. The fraction of sp³-hybridized carbons (Fsp3) is 0.357. The summed E-state index contributed by atoms with van der Waals surface area (Å²) in [6, 6.07) is 10.7. The summed E-state index contributed by atoms with van der Waals surface area (Å²) in [6.45, 7) is 2.35. The molecule has 0 saturated heterocycles. The van der Waals surface area contributed by atoms with E-state index in [1.54, 1.807) is 42.5 Å². The second kappa shape index (κ2) is 12.7. The molecule has 2 aromatic carbocycles. The van der Waals surface area contributed by atoms with E-state index in [0.29, 0.717) is 29.4 Å². The fourth-order valence-corrected chi connectivity index (χ4v) is 5.51. The van der Waals surface area contributed by atoms with Gasteiger partial charge in [-0.05, 0) is 61.1 Å². The average Bonchev–Trinajstić information content (AvgIpc) is 3.61. The summed E-state index contributed by atoms with van der Waals surface area (Å²) in [7, 11) is 2.96. The molecule has 11 nitrogen and oxygen atoms in total. The van der Waals surface area contributed by atoms with E-state index in [0.717, 1.165) is 37.2 Å². The number of nitrogens with one attached hydrogen (secondary N) is 1. The van der Waals surface area contributed by atoms with Crippen LogP contribution in [0.2, 0.25) is 0 Å². The highest BCUT2D eigenvalue weighted by atomic mass is 32.1. The molecule has 0 spiro atoms. The van der Waals surface area contributed by atoms with Crippen LogP contribution in [-0.2, 0) is 4.79 Å². The Hall–Kier alpha value is -4.32. The van der Waals surface area contributed by atoms with Crippen LogP contribution in [0.4, 0.5) is 11.4 Å². The molecule has 0 aliphatic heterocycles. The second-order valence-corrected chi connectivity index (χ2v) is 10.0. The maximum atomic E-state index is 14.4. The largest absolute Gasteiger partial charge is 0.497 e. The highest BCUT2D eigenvalue weighted by Crippen LogP contribution is 2.40. The topological polar surface area (TPSA) is 159 Å². The van der Waals surface area contributed by atoms with E-state index < -0.39 is 17.9 Å². The molecular formula is C28H33N5O6S. The predicted molar refractivity (Wildman–Crippen MR) is 152 cm³/mol. The molecule has 12 heteroatoms. The van der Waals surface area contributed by atoms with E-state index in [1.165, 1.54) is 19.1 Å². The number of primary amides is 1. The number of anilines is 2. The lowest BCUT2D eigenvalue weighted by Crippen LogP contribution is -2.46. The summed E-state index contributed by atoms with van der Waals surface area (Å²) in [5, 5.41) is 3.12. The first-order valence-corrected chi connectivity index (χ1v) is 13.7. The Kier molecular flexibility index (Phi) is 9.10. The number of hydrogen-bond acceptors (Lipinski definition) is 9. The Balaban J connectivity index is 1.92. The molecule has 40 heavy (non-hydrogen) atoms. The molecule has 4 rings (SSSR count). The Morgan fingerprint density at radius 3 is 2.33 bits per heavy atom. The van der Waals surface area contributed by atoms with Gasteiger partial charge in [0.05, 0.1) is 32.2 Å². The monoisotopic (exact) mass is 567 g/mol. The molecule has 1 aliphatic rings. The molecule has 1 aliphatic carbocycles. The summed E-state index contributed by atoms with van der Waals surface area (Å²) in [5.41, 5.74) is 12.0. The number of amides is 3. The zero-order valence-electron chi connectivity index (χ0n) is 22.6. The number of nitrogens with two attached hydrogens (primary N) is 2. The smallest absolute Gasteiger partial charge is 0.273 e. The van der Waals surface area contributed by atoms with Crippen LogP contribution in [-0.4, -0.2) is 49.0 Å². The van der Waals surface area contributed by atoms with Crippen LogP contribution in [0.5, 0.6) is 17.2 Å². The van der Waals surface area contributed by atoms with Gasteiger partial charge in [0.1, 0.15) is 28.2 Å². The molecule has 1 aromatic heterocycles. The van der Waals surface area contributed by atoms with E-state index >= 15 is 0 Å². The van der Waals surface area contributed by atoms with Crippen molar-refractivity contribution < 1.29 is 28.6 Å². The molecule has 1 saturated carbocycles. The number of hydrogen-bond donors (Lipinski definition) is 3. The predicted octanol–water partition coefficient (Wildman–Crippen LogP) is 3.69. The molecule has 3 amide bonds. The van der Waals surface area contributed by atoms with Crippen LogP contribution < -0.4 is 35.9 Å². The van der Waals surface area contributed by atoms with E-state index in [1.807, 2.05) is 6.92 Å². The normalized spacial score (nSPS) is 13.9.